The Bertz CT molecular complexity index is 498. The van der Waals surface area contributed by atoms with E-state index in [0.29, 0.717) is 12.2 Å². The van der Waals surface area contributed by atoms with Crippen LogP contribution in [0.1, 0.15) is 31.7 Å². The highest BCUT2D eigenvalue weighted by molar-refractivity contribution is 7.89. The number of nitrogen functional groups attached to an aromatic ring is 1. The predicted octanol–water partition coefficient (Wildman–Crippen LogP) is 2.39. The molecular formula is C13H22N2O2S. The zero-order chi connectivity index (χ0) is 13.8. The quantitative estimate of drug-likeness (QED) is 0.637. The number of aryl methyl sites for hydroxylation is 1. The summed E-state index contributed by atoms with van der Waals surface area (Å²) < 4.78 is 26.0. The molecule has 0 saturated heterocycles. The molecule has 4 nitrogen and oxygen atoms in total. The van der Waals surface area contributed by atoms with E-state index in [2.05, 4.69) is 6.92 Å². The lowest BCUT2D eigenvalue weighted by Crippen LogP contribution is -2.28. The van der Waals surface area contributed by atoms with Gasteiger partial charge in [0.05, 0.1) is 5.69 Å². The second kappa shape index (κ2) is 6.20. The van der Waals surface area contributed by atoms with Crippen LogP contribution in [0.15, 0.2) is 23.1 Å². The summed E-state index contributed by atoms with van der Waals surface area (Å²) >= 11 is 0. The van der Waals surface area contributed by atoms with Crippen LogP contribution < -0.4 is 5.73 Å². The molecule has 0 aliphatic heterocycles. The van der Waals surface area contributed by atoms with Crippen LogP contribution in [-0.2, 0) is 10.0 Å². The summed E-state index contributed by atoms with van der Waals surface area (Å²) in [6, 6.07) is 5.03. The normalized spacial score (nSPS) is 12.0. The standard InChI is InChI=1S/C13H22N2O2S/c1-4-5-6-9-15(3)18(16,17)13-8-7-11(2)10-12(13)14/h7-8,10H,4-6,9,14H2,1-3H3. The van der Waals surface area contributed by atoms with Crippen molar-refractivity contribution in [2.45, 2.75) is 38.0 Å². The van der Waals surface area contributed by atoms with Crippen molar-refractivity contribution in [3.05, 3.63) is 23.8 Å². The summed E-state index contributed by atoms with van der Waals surface area (Å²) in [7, 11) is -1.86. The Morgan fingerprint density at radius 1 is 1.28 bits per heavy atom. The number of anilines is 1. The van der Waals surface area contributed by atoms with Gasteiger partial charge in [-0.2, -0.15) is 0 Å². The Labute approximate surface area is 110 Å². The van der Waals surface area contributed by atoms with Crippen molar-refractivity contribution in [3.63, 3.8) is 0 Å². The predicted molar refractivity (Wildman–Crippen MR) is 74.9 cm³/mol. The summed E-state index contributed by atoms with van der Waals surface area (Å²) in [5.74, 6) is 0. The smallest absolute Gasteiger partial charge is 0.244 e. The Balaban J connectivity index is 2.91. The molecule has 2 N–H and O–H groups in total. The molecule has 1 aromatic carbocycles. The Morgan fingerprint density at radius 2 is 1.94 bits per heavy atom. The summed E-state index contributed by atoms with van der Waals surface area (Å²) in [4.78, 5) is 0.201. The van der Waals surface area contributed by atoms with E-state index in [1.165, 1.54) is 4.31 Å². The van der Waals surface area contributed by atoms with Crippen LogP contribution >= 0.6 is 0 Å². The molecule has 0 bridgehead atoms. The van der Waals surface area contributed by atoms with Gasteiger partial charge in [-0.3, -0.25) is 0 Å². The molecule has 0 aliphatic rings. The molecule has 18 heavy (non-hydrogen) atoms. The molecule has 102 valence electrons. The van der Waals surface area contributed by atoms with Gasteiger partial charge >= 0.3 is 0 Å². The maximum absolute atomic E-state index is 12.3. The molecule has 1 rings (SSSR count). The van der Waals surface area contributed by atoms with Crippen LogP contribution in [0.2, 0.25) is 0 Å². The first-order valence-corrected chi connectivity index (χ1v) is 7.66. The van der Waals surface area contributed by atoms with Crippen molar-refractivity contribution >= 4 is 15.7 Å². The third-order valence-electron chi connectivity index (χ3n) is 2.93. The fraction of sp³-hybridized carbons (Fsp3) is 0.538. The zero-order valence-electron chi connectivity index (χ0n) is 11.3. The highest BCUT2D eigenvalue weighted by Gasteiger charge is 2.22. The number of sulfonamides is 1. The molecule has 0 aliphatic carbocycles. The van der Waals surface area contributed by atoms with Crippen molar-refractivity contribution in [1.82, 2.24) is 4.31 Å². The number of hydrogen-bond acceptors (Lipinski definition) is 3. The van der Waals surface area contributed by atoms with Gasteiger partial charge in [-0.25, -0.2) is 12.7 Å². The number of unbranched alkanes of at least 4 members (excludes halogenated alkanes) is 2. The van der Waals surface area contributed by atoms with Gasteiger partial charge in [0.25, 0.3) is 0 Å². The average molecular weight is 270 g/mol. The molecule has 0 fully saturated rings. The molecule has 0 spiro atoms. The first-order valence-electron chi connectivity index (χ1n) is 6.22. The molecule has 0 unspecified atom stereocenters. The van der Waals surface area contributed by atoms with E-state index in [0.717, 1.165) is 24.8 Å². The monoisotopic (exact) mass is 270 g/mol. The number of hydrogen-bond donors (Lipinski definition) is 1. The van der Waals surface area contributed by atoms with Crippen molar-refractivity contribution in [1.29, 1.82) is 0 Å². The summed E-state index contributed by atoms with van der Waals surface area (Å²) in [5.41, 5.74) is 7.07. The molecule has 5 heteroatoms. The van der Waals surface area contributed by atoms with Gasteiger partial charge in [-0.05, 0) is 31.0 Å². The maximum atomic E-state index is 12.3. The summed E-state index contributed by atoms with van der Waals surface area (Å²) in [6.45, 7) is 4.51. The van der Waals surface area contributed by atoms with Gasteiger partial charge in [0.2, 0.25) is 10.0 Å². The van der Waals surface area contributed by atoms with E-state index < -0.39 is 10.0 Å². The number of benzene rings is 1. The number of nitrogens with zero attached hydrogens (tertiary/aromatic N) is 1. The van der Waals surface area contributed by atoms with Gasteiger partial charge in [0.1, 0.15) is 4.90 Å². The van der Waals surface area contributed by atoms with E-state index in [9.17, 15) is 8.42 Å². The van der Waals surface area contributed by atoms with Gasteiger partial charge in [-0.1, -0.05) is 25.8 Å². The van der Waals surface area contributed by atoms with Gasteiger partial charge in [0.15, 0.2) is 0 Å². The van der Waals surface area contributed by atoms with Gasteiger partial charge in [0, 0.05) is 13.6 Å². The first-order chi connectivity index (χ1) is 8.39. The van der Waals surface area contributed by atoms with E-state index in [1.807, 2.05) is 6.92 Å². The van der Waals surface area contributed by atoms with Gasteiger partial charge < -0.3 is 5.73 Å². The van der Waals surface area contributed by atoms with E-state index in [4.69, 9.17) is 5.73 Å². The summed E-state index contributed by atoms with van der Waals surface area (Å²) in [5, 5.41) is 0. The largest absolute Gasteiger partial charge is 0.398 e. The van der Waals surface area contributed by atoms with E-state index >= 15 is 0 Å². The molecular weight excluding hydrogens is 248 g/mol. The molecule has 0 heterocycles. The minimum atomic E-state index is -3.46. The Kier molecular flexibility index (Phi) is 5.16. The third kappa shape index (κ3) is 3.46. The van der Waals surface area contributed by atoms with Crippen LogP contribution in [0.5, 0.6) is 0 Å². The second-order valence-electron chi connectivity index (χ2n) is 4.57. The van der Waals surface area contributed by atoms with Crippen LogP contribution in [0.25, 0.3) is 0 Å². The van der Waals surface area contributed by atoms with Crippen molar-refractivity contribution in [2.75, 3.05) is 19.3 Å². The first kappa shape index (κ1) is 15.0. The minimum absolute atomic E-state index is 0.201. The fourth-order valence-electron chi connectivity index (χ4n) is 1.78. The molecule has 0 aromatic heterocycles. The minimum Gasteiger partial charge on any atom is -0.398 e. The second-order valence-corrected chi connectivity index (χ2v) is 6.59. The van der Waals surface area contributed by atoms with Gasteiger partial charge in [-0.15, -0.1) is 0 Å². The third-order valence-corrected chi connectivity index (χ3v) is 4.86. The molecule has 0 radical (unpaired) electrons. The maximum Gasteiger partial charge on any atom is 0.244 e. The Morgan fingerprint density at radius 3 is 2.50 bits per heavy atom. The summed E-state index contributed by atoms with van der Waals surface area (Å²) in [6.07, 6.45) is 2.97. The molecule has 1 aromatic rings. The average Bonchev–Trinajstić information content (AvgIpc) is 2.28. The highest BCUT2D eigenvalue weighted by atomic mass is 32.2. The fourth-order valence-corrected chi connectivity index (χ4v) is 3.08. The van der Waals surface area contributed by atoms with Crippen LogP contribution in [0.4, 0.5) is 5.69 Å². The molecule has 0 saturated carbocycles. The molecule has 0 atom stereocenters. The van der Waals surface area contributed by atoms with Crippen molar-refractivity contribution in [3.8, 4) is 0 Å². The lowest BCUT2D eigenvalue weighted by Gasteiger charge is -2.18. The topological polar surface area (TPSA) is 63.4 Å². The lowest BCUT2D eigenvalue weighted by atomic mass is 10.2. The van der Waals surface area contributed by atoms with E-state index in [-0.39, 0.29) is 4.90 Å². The Hall–Kier alpha value is -1.07. The SMILES string of the molecule is CCCCCN(C)S(=O)(=O)c1ccc(C)cc1N. The molecule has 0 amide bonds. The van der Waals surface area contributed by atoms with Crippen LogP contribution in [-0.4, -0.2) is 26.3 Å². The van der Waals surface area contributed by atoms with Crippen LogP contribution in [0, 0.1) is 6.92 Å². The zero-order valence-corrected chi connectivity index (χ0v) is 12.1. The van der Waals surface area contributed by atoms with E-state index in [1.54, 1.807) is 25.2 Å². The lowest BCUT2D eigenvalue weighted by molar-refractivity contribution is 0.454. The number of nitrogens with two attached hydrogens (primary N) is 1. The number of rotatable bonds is 6. The van der Waals surface area contributed by atoms with Crippen molar-refractivity contribution in [2.24, 2.45) is 0 Å². The highest BCUT2D eigenvalue weighted by Crippen LogP contribution is 2.22. The van der Waals surface area contributed by atoms with Crippen LogP contribution in [0.3, 0.4) is 0 Å². The van der Waals surface area contributed by atoms with Crippen molar-refractivity contribution < 1.29 is 8.42 Å².